The molecule has 2 amide bonds. The second-order valence-corrected chi connectivity index (χ2v) is 5.27. The van der Waals surface area contributed by atoms with E-state index in [9.17, 15) is 4.79 Å². The van der Waals surface area contributed by atoms with Crippen LogP contribution in [0, 0.1) is 0 Å². The summed E-state index contributed by atoms with van der Waals surface area (Å²) >= 11 is 3.37. The van der Waals surface area contributed by atoms with Crippen molar-refractivity contribution in [1.29, 1.82) is 0 Å². The lowest BCUT2D eigenvalue weighted by molar-refractivity contribution is 0.176. The topological polar surface area (TPSA) is 52.6 Å². The van der Waals surface area contributed by atoms with Crippen LogP contribution in [0.4, 0.5) is 4.79 Å². The molecule has 0 aliphatic carbocycles. The molecule has 1 rings (SSSR count). The van der Waals surface area contributed by atoms with Crippen molar-refractivity contribution in [1.82, 2.24) is 10.2 Å². The number of rotatable bonds is 7. The third-order valence-corrected chi connectivity index (χ3v) is 3.32. The van der Waals surface area contributed by atoms with Gasteiger partial charge in [-0.05, 0) is 24.1 Å². The predicted molar refractivity (Wildman–Crippen MR) is 79.9 cm³/mol. The standard InChI is InChI=1S/C14H21BrN2O2/c1-2-3-8-17(9-10-18)14(19)16-11-12-4-6-13(15)7-5-12/h4-7,18H,2-3,8-11H2,1H3,(H,16,19). The molecule has 19 heavy (non-hydrogen) atoms. The summed E-state index contributed by atoms with van der Waals surface area (Å²) in [7, 11) is 0. The zero-order chi connectivity index (χ0) is 14.1. The van der Waals surface area contributed by atoms with Gasteiger partial charge in [0, 0.05) is 24.1 Å². The molecule has 0 atom stereocenters. The van der Waals surface area contributed by atoms with Crippen molar-refractivity contribution in [2.24, 2.45) is 0 Å². The third-order valence-electron chi connectivity index (χ3n) is 2.80. The normalized spacial score (nSPS) is 10.3. The van der Waals surface area contributed by atoms with Gasteiger partial charge in [-0.2, -0.15) is 0 Å². The number of carbonyl (C=O) groups excluding carboxylic acids is 1. The van der Waals surface area contributed by atoms with Crippen LogP contribution in [0.25, 0.3) is 0 Å². The Kier molecular flexibility index (Phi) is 7.52. The van der Waals surface area contributed by atoms with Gasteiger partial charge in [0.2, 0.25) is 0 Å². The Bertz CT molecular complexity index is 382. The van der Waals surface area contributed by atoms with Gasteiger partial charge in [0.05, 0.1) is 6.61 Å². The summed E-state index contributed by atoms with van der Waals surface area (Å²) in [6.45, 7) is 3.64. The van der Waals surface area contributed by atoms with Gasteiger partial charge in [-0.15, -0.1) is 0 Å². The first-order valence-corrected chi connectivity index (χ1v) is 7.34. The summed E-state index contributed by atoms with van der Waals surface area (Å²) in [6, 6.07) is 7.71. The van der Waals surface area contributed by atoms with E-state index in [0.29, 0.717) is 19.6 Å². The molecule has 2 N–H and O–H groups in total. The molecule has 5 heteroatoms. The Morgan fingerprint density at radius 2 is 2.00 bits per heavy atom. The van der Waals surface area contributed by atoms with E-state index in [4.69, 9.17) is 5.11 Å². The fourth-order valence-electron chi connectivity index (χ4n) is 1.68. The first kappa shape index (κ1) is 16.0. The van der Waals surface area contributed by atoms with E-state index in [1.807, 2.05) is 24.3 Å². The number of nitrogens with zero attached hydrogens (tertiary/aromatic N) is 1. The van der Waals surface area contributed by atoms with Crippen LogP contribution in [0.15, 0.2) is 28.7 Å². The fraction of sp³-hybridized carbons (Fsp3) is 0.500. The molecule has 0 saturated carbocycles. The number of unbranched alkanes of at least 4 members (excludes halogenated alkanes) is 1. The van der Waals surface area contributed by atoms with Gasteiger partial charge in [-0.1, -0.05) is 41.4 Å². The average molecular weight is 329 g/mol. The number of aliphatic hydroxyl groups excluding tert-OH is 1. The lowest BCUT2D eigenvalue weighted by atomic mass is 10.2. The van der Waals surface area contributed by atoms with E-state index in [2.05, 4.69) is 28.2 Å². The highest BCUT2D eigenvalue weighted by Crippen LogP contribution is 2.10. The molecule has 1 aromatic carbocycles. The first-order valence-electron chi connectivity index (χ1n) is 6.55. The van der Waals surface area contributed by atoms with Crippen molar-refractivity contribution in [2.75, 3.05) is 19.7 Å². The molecule has 4 nitrogen and oxygen atoms in total. The number of nitrogens with one attached hydrogen (secondary N) is 1. The van der Waals surface area contributed by atoms with Gasteiger partial charge in [0.25, 0.3) is 0 Å². The molecule has 106 valence electrons. The number of amides is 2. The van der Waals surface area contributed by atoms with Crippen molar-refractivity contribution in [3.05, 3.63) is 34.3 Å². The van der Waals surface area contributed by atoms with Crippen LogP contribution in [0.2, 0.25) is 0 Å². The molecule has 0 spiro atoms. The van der Waals surface area contributed by atoms with Crippen LogP contribution >= 0.6 is 15.9 Å². The average Bonchev–Trinajstić information content (AvgIpc) is 2.42. The Hall–Kier alpha value is -1.07. The summed E-state index contributed by atoms with van der Waals surface area (Å²) in [5.74, 6) is 0. The minimum absolute atomic E-state index is 0.00455. The number of hydrogen-bond donors (Lipinski definition) is 2. The van der Waals surface area contributed by atoms with Crippen LogP contribution < -0.4 is 5.32 Å². The van der Waals surface area contributed by atoms with Gasteiger partial charge >= 0.3 is 6.03 Å². The molecule has 1 aromatic rings. The van der Waals surface area contributed by atoms with Crippen molar-refractivity contribution in [2.45, 2.75) is 26.3 Å². The molecule has 0 radical (unpaired) electrons. The number of aliphatic hydroxyl groups is 1. The maximum Gasteiger partial charge on any atom is 0.317 e. The summed E-state index contributed by atoms with van der Waals surface area (Å²) < 4.78 is 1.02. The number of benzene rings is 1. The van der Waals surface area contributed by atoms with Crippen LogP contribution in [0.3, 0.4) is 0 Å². The number of hydrogen-bond acceptors (Lipinski definition) is 2. The van der Waals surface area contributed by atoms with Crippen molar-refractivity contribution >= 4 is 22.0 Å². The second-order valence-electron chi connectivity index (χ2n) is 4.35. The summed E-state index contributed by atoms with van der Waals surface area (Å²) in [4.78, 5) is 13.6. The Balaban J connectivity index is 2.44. The zero-order valence-electron chi connectivity index (χ0n) is 11.2. The Labute approximate surface area is 122 Å². The van der Waals surface area contributed by atoms with Crippen LogP contribution in [-0.2, 0) is 6.54 Å². The monoisotopic (exact) mass is 328 g/mol. The predicted octanol–water partition coefficient (Wildman–Crippen LogP) is 2.75. The molecule has 0 unspecified atom stereocenters. The highest BCUT2D eigenvalue weighted by molar-refractivity contribution is 9.10. The maximum absolute atomic E-state index is 12.0. The van der Waals surface area contributed by atoms with Crippen LogP contribution in [-0.4, -0.2) is 35.7 Å². The SMILES string of the molecule is CCCCN(CCO)C(=O)NCc1ccc(Br)cc1. The number of carbonyl (C=O) groups is 1. The van der Waals surface area contributed by atoms with E-state index in [0.717, 1.165) is 22.9 Å². The van der Waals surface area contributed by atoms with E-state index < -0.39 is 0 Å². The third kappa shape index (κ3) is 6.07. The van der Waals surface area contributed by atoms with Gasteiger partial charge < -0.3 is 15.3 Å². The molecule has 0 aliphatic heterocycles. The highest BCUT2D eigenvalue weighted by Gasteiger charge is 2.11. The summed E-state index contributed by atoms with van der Waals surface area (Å²) in [6.07, 6.45) is 1.98. The van der Waals surface area contributed by atoms with Gasteiger partial charge in [-0.25, -0.2) is 4.79 Å². The summed E-state index contributed by atoms with van der Waals surface area (Å²) in [5.41, 5.74) is 1.05. The van der Waals surface area contributed by atoms with E-state index >= 15 is 0 Å². The highest BCUT2D eigenvalue weighted by atomic mass is 79.9. The van der Waals surface area contributed by atoms with E-state index in [1.165, 1.54) is 0 Å². The molecular weight excluding hydrogens is 308 g/mol. The Morgan fingerprint density at radius 3 is 2.58 bits per heavy atom. The van der Waals surface area contributed by atoms with Crippen molar-refractivity contribution < 1.29 is 9.90 Å². The minimum Gasteiger partial charge on any atom is -0.395 e. The smallest absolute Gasteiger partial charge is 0.317 e. The molecule has 0 fully saturated rings. The van der Waals surface area contributed by atoms with Crippen molar-refractivity contribution in [3.8, 4) is 0 Å². The lowest BCUT2D eigenvalue weighted by Gasteiger charge is -2.22. The first-order chi connectivity index (χ1) is 9.17. The largest absolute Gasteiger partial charge is 0.395 e. The molecule has 0 aliphatic rings. The van der Waals surface area contributed by atoms with Crippen LogP contribution in [0.5, 0.6) is 0 Å². The fourth-order valence-corrected chi connectivity index (χ4v) is 1.94. The van der Waals surface area contributed by atoms with Gasteiger partial charge in [0.1, 0.15) is 0 Å². The molecule has 0 bridgehead atoms. The van der Waals surface area contributed by atoms with Crippen molar-refractivity contribution in [3.63, 3.8) is 0 Å². The van der Waals surface area contributed by atoms with Crippen LogP contribution in [0.1, 0.15) is 25.3 Å². The summed E-state index contributed by atoms with van der Waals surface area (Å²) in [5, 5.41) is 11.8. The number of urea groups is 1. The molecule has 0 aromatic heterocycles. The van der Waals surface area contributed by atoms with Gasteiger partial charge in [0.15, 0.2) is 0 Å². The Morgan fingerprint density at radius 1 is 1.32 bits per heavy atom. The second kappa shape index (κ2) is 8.93. The van der Waals surface area contributed by atoms with E-state index in [-0.39, 0.29) is 12.6 Å². The molecule has 0 saturated heterocycles. The minimum atomic E-state index is -0.120. The molecule has 0 heterocycles. The lowest BCUT2D eigenvalue weighted by Crippen LogP contribution is -2.41. The maximum atomic E-state index is 12.0. The van der Waals surface area contributed by atoms with E-state index in [1.54, 1.807) is 4.90 Å². The molecular formula is C14H21BrN2O2. The quantitative estimate of drug-likeness (QED) is 0.808. The van der Waals surface area contributed by atoms with Gasteiger partial charge in [-0.3, -0.25) is 0 Å². The zero-order valence-corrected chi connectivity index (χ0v) is 12.8. The number of halogens is 1.